The third kappa shape index (κ3) is 1.70. The second kappa shape index (κ2) is 3.19. The predicted molar refractivity (Wildman–Crippen MR) is 46.5 cm³/mol. The van der Waals surface area contributed by atoms with E-state index in [4.69, 9.17) is 49.1 Å². The first-order valence-corrected chi connectivity index (χ1v) is 3.77. The highest BCUT2D eigenvalue weighted by Crippen LogP contribution is 2.31. The number of hydrogen-bond donors (Lipinski definition) is 0. The molecular weight excluding hydrogens is 214 g/mol. The molecule has 0 saturated carbocycles. The Morgan fingerprint density at radius 2 is 1.00 bits per heavy atom. The van der Waals surface area contributed by atoms with E-state index in [1.165, 1.54) is 0 Å². The van der Waals surface area contributed by atoms with Crippen molar-refractivity contribution in [2.24, 2.45) is 0 Å². The molecule has 1 aromatic rings. The minimum absolute atomic E-state index is 0.0453. The van der Waals surface area contributed by atoms with Crippen LogP contribution in [0.4, 0.5) is 0 Å². The summed E-state index contributed by atoms with van der Waals surface area (Å²) in [7, 11) is 0. The molecule has 0 aliphatic rings. The van der Waals surface area contributed by atoms with E-state index in [1.54, 1.807) is 0 Å². The van der Waals surface area contributed by atoms with Crippen molar-refractivity contribution in [2.75, 3.05) is 0 Å². The molecule has 0 N–H and O–H groups in total. The molecule has 0 radical (unpaired) electrons. The zero-order valence-electron chi connectivity index (χ0n) is 6.51. The first-order chi connectivity index (χ1) is 5.46. The van der Waals surface area contributed by atoms with E-state index in [1.807, 2.05) is 0 Å². The van der Waals surface area contributed by atoms with Gasteiger partial charge >= 0.3 is 0 Å². The van der Waals surface area contributed by atoms with Crippen LogP contribution >= 0.6 is 46.4 Å². The monoisotopic (exact) mass is 216 g/mol. The van der Waals surface area contributed by atoms with Crippen LogP contribution in [0.2, 0.25) is 20.1 Å². The van der Waals surface area contributed by atoms with Crippen LogP contribution in [0.5, 0.6) is 0 Å². The van der Waals surface area contributed by atoms with Crippen LogP contribution < -0.4 is 0 Å². The fourth-order valence-corrected chi connectivity index (χ4v) is 1.08. The van der Waals surface area contributed by atoms with Crippen LogP contribution in [0.15, 0.2) is 12.1 Å². The number of hydrogen-bond acceptors (Lipinski definition) is 0. The van der Waals surface area contributed by atoms with E-state index in [0.29, 0.717) is 0 Å². The second-order valence-electron chi connectivity index (χ2n) is 1.51. The van der Waals surface area contributed by atoms with Crippen LogP contribution in [0, 0.1) is 0 Å². The fourth-order valence-electron chi connectivity index (χ4n) is 0.412. The molecule has 0 heterocycles. The summed E-state index contributed by atoms with van der Waals surface area (Å²) in [4.78, 5) is 0. The van der Waals surface area contributed by atoms with Gasteiger partial charge in [-0.05, 0) is 12.1 Å². The molecule has 0 atom stereocenters. The number of rotatable bonds is 0. The van der Waals surface area contributed by atoms with Gasteiger partial charge in [0.25, 0.3) is 0 Å². The van der Waals surface area contributed by atoms with Gasteiger partial charge in [0.2, 0.25) is 0 Å². The van der Waals surface area contributed by atoms with Crippen molar-refractivity contribution in [1.29, 1.82) is 0 Å². The Hall–Kier alpha value is 0.380. The maximum Gasteiger partial charge on any atom is 0.0655 e. The summed E-state index contributed by atoms with van der Waals surface area (Å²) in [6.07, 6.45) is 0. The number of benzene rings is 1. The first kappa shape index (κ1) is 5.96. The lowest BCUT2D eigenvalue weighted by Crippen LogP contribution is -1.70. The summed E-state index contributed by atoms with van der Waals surface area (Å²) in [5, 5.41) is -0.181. The van der Waals surface area contributed by atoms with Gasteiger partial charge in [0, 0.05) is 0 Å². The van der Waals surface area contributed by atoms with E-state index < -0.39 is 0 Å². The minimum atomic E-state index is -0.149. The first-order valence-electron chi connectivity index (χ1n) is 3.26. The van der Waals surface area contributed by atoms with Crippen molar-refractivity contribution in [3.63, 3.8) is 0 Å². The van der Waals surface area contributed by atoms with E-state index in [0.717, 1.165) is 0 Å². The summed E-state index contributed by atoms with van der Waals surface area (Å²) < 4.78 is 14.6. The largest absolute Gasteiger partial charge is 0.0827 e. The summed E-state index contributed by atoms with van der Waals surface area (Å²) in [5.74, 6) is 0. The van der Waals surface area contributed by atoms with Crippen molar-refractivity contribution >= 4 is 46.4 Å². The standard InChI is InChI=1S/C6H2Cl4/c7-3-1-4(8)6(10)2-5(3)9/h1-2H/i1D,2D. The molecule has 0 saturated heterocycles. The number of halogens is 4. The quantitative estimate of drug-likeness (QED) is 0.569. The Kier molecular flexibility index (Phi) is 1.90. The Balaban J connectivity index is 3.60. The Bertz CT molecular complexity index is 232. The normalized spacial score (nSPS) is 12.8. The van der Waals surface area contributed by atoms with Gasteiger partial charge in [-0.3, -0.25) is 0 Å². The lowest BCUT2D eigenvalue weighted by Gasteiger charge is -1.97. The van der Waals surface area contributed by atoms with Gasteiger partial charge < -0.3 is 0 Å². The third-order valence-electron chi connectivity index (χ3n) is 0.824. The summed E-state index contributed by atoms with van der Waals surface area (Å²) in [6.45, 7) is 0. The lowest BCUT2D eigenvalue weighted by atomic mass is 10.4. The molecule has 0 nitrogen and oxygen atoms in total. The van der Waals surface area contributed by atoms with E-state index in [9.17, 15) is 0 Å². The van der Waals surface area contributed by atoms with Crippen LogP contribution in [-0.2, 0) is 0 Å². The van der Waals surface area contributed by atoms with Crippen molar-refractivity contribution in [3.8, 4) is 0 Å². The Labute approximate surface area is 81.5 Å². The van der Waals surface area contributed by atoms with Gasteiger partial charge in [-0.2, -0.15) is 0 Å². The van der Waals surface area contributed by atoms with Crippen molar-refractivity contribution in [3.05, 3.63) is 32.2 Å². The van der Waals surface area contributed by atoms with Gasteiger partial charge in [-0.25, -0.2) is 0 Å². The summed E-state index contributed by atoms with van der Waals surface area (Å²) in [6, 6.07) is -0.298. The Morgan fingerprint density at radius 1 is 0.800 bits per heavy atom. The van der Waals surface area contributed by atoms with E-state index >= 15 is 0 Å². The maximum atomic E-state index is 7.31. The molecule has 10 heavy (non-hydrogen) atoms. The molecule has 0 fully saturated rings. The van der Waals surface area contributed by atoms with Crippen molar-refractivity contribution in [2.45, 2.75) is 0 Å². The predicted octanol–water partition coefficient (Wildman–Crippen LogP) is 4.30. The SMILES string of the molecule is [2H]c1c(Cl)c(Cl)c([2H])c(Cl)c1Cl. The molecular formula is C6H2Cl4. The minimum Gasteiger partial charge on any atom is -0.0827 e. The lowest BCUT2D eigenvalue weighted by molar-refractivity contribution is 1.70. The molecule has 0 amide bonds. The van der Waals surface area contributed by atoms with Gasteiger partial charge in [0.15, 0.2) is 0 Å². The molecule has 1 rings (SSSR count). The second-order valence-corrected chi connectivity index (χ2v) is 3.02. The maximum absolute atomic E-state index is 7.31. The van der Waals surface area contributed by atoms with E-state index in [-0.39, 0.29) is 32.2 Å². The average molecular weight is 218 g/mol. The molecule has 0 aliphatic carbocycles. The van der Waals surface area contributed by atoms with Crippen LogP contribution in [-0.4, -0.2) is 0 Å². The highest BCUT2D eigenvalue weighted by atomic mass is 35.5. The molecule has 0 aliphatic heterocycles. The molecule has 54 valence electrons. The van der Waals surface area contributed by atoms with Crippen LogP contribution in [0.1, 0.15) is 2.74 Å². The topological polar surface area (TPSA) is 0 Å². The molecule has 0 bridgehead atoms. The summed E-state index contributed by atoms with van der Waals surface area (Å²) in [5.41, 5.74) is 0. The molecule has 1 aromatic carbocycles. The van der Waals surface area contributed by atoms with Crippen LogP contribution in [0.25, 0.3) is 0 Å². The van der Waals surface area contributed by atoms with Gasteiger partial charge in [-0.1, -0.05) is 46.4 Å². The van der Waals surface area contributed by atoms with Gasteiger partial charge in [0.1, 0.15) is 0 Å². The zero-order chi connectivity index (χ0) is 9.46. The Morgan fingerprint density at radius 3 is 1.20 bits per heavy atom. The molecule has 0 aromatic heterocycles. The van der Waals surface area contributed by atoms with Crippen molar-refractivity contribution in [1.82, 2.24) is 0 Å². The van der Waals surface area contributed by atoms with Gasteiger partial charge in [-0.15, -0.1) is 0 Å². The zero-order valence-corrected chi connectivity index (χ0v) is 7.54. The molecule has 0 unspecified atom stereocenters. The van der Waals surface area contributed by atoms with E-state index in [2.05, 4.69) is 0 Å². The molecule has 0 spiro atoms. The smallest absolute Gasteiger partial charge is 0.0655 e. The summed E-state index contributed by atoms with van der Waals surface area (Å²) >= 11 is 22.3. The average Bonchev–Trinajstić information content (AvgIpc) is 2.08. The highest BCUT2D eigenvalue weighted by molar-refractivity contribution is 6.47. The van der Waals surface area contributed by atoms with Crippen molar-refractivity contribution < 1.29 is 2.74 Å². The molecule has 4 heteroatoms. The highest BCUT2D eigenvalue weighted by Gasteiger charge is 2.02. The van der Waals surface area contributed by atoms with Gasteiger partial charge in [0.05, 0.1) is 22.8 Å². The van der Waals surface area contributed by atoms with Crippen LogP contribution in [0.3, 0.4) is 0 Å². The third-order valence-corrected chi connectivity index (χ3v) is 2.15. The fraction of sp³-hybridized carbons (Fsp3) is 0.